The van der Waals surface area contributed by atoms with Gasteiger partial charge in [0.25, 0.3) is 5.91 Å². The first-order valence-corrected chi connectivity index (χ1v) is 11.7. The predicted molar refractivity (Wildman–Crippen MR) is 124 cm³/mol. The van der Waals surface area contributed by atoms with Crippen molar-refractivity contribution in [2.75, 3.05) is 42.7 Å². The summed E-state index contributed by atoms with van der Waals surface area (Å²) in [5.74, 6) is 0.0599. The van der Waals surface area contributed by atoms with E-state index in [1.54, 1.807) is 24.3 Å². The number of hydrogen-bond donors (Lipinski definition) is 1. The van der Waals surface area contributed by atoms with Crippen LogP contribution >= 0.6 is 15.9 Å². The second-order valence-corrected chi connectivity index (χ2v) is 9.36. The Balaban J connectivity index is 2.06. The Morgan fingerprint density at radius 1 is 1.20 bits per heavy atom. The maximum Gasteiger partial charge on any atom is 0.260 e. The summed E-state index contributed by atoms with van der Waals surface area (Å²) >= 11 is 3.49. The van der Waals surface area contributed by atoms with Crippen LogP contribution in [-0.2, 0) is 14.8 Å². The van der Waals surface area contributed by atoms with Crippen molar-refractivity contribution in [3.05, 3.63) is 52.5 Å². The molecule has 0 aliphatic rings. The van der Waals surface area contributed by atoms with E-state index in [-0.39, 0.29) is 0 Å². The number of hydrazone groups is 1. The molecule has 2 rings (SSSR count). The number of halogens is 1. The second kappa shape index (κ2) is 10.4. The number of anilines is 2. The number of hydrogen-bond acceptors (Lipinski definition) is 6. The number of amides is 1. The van der Waals surface area contributed by atoms with E-state index in [9.17, 15) is 13.2 Å². The van der Waals surface area contributed by atoms with Crippen molar-refractivity contribution >= 4 is 49.4 Å². The number of carbonyl (C=O) groups is 1. The summed E-state index contributed by atoms with van der Waals surface area (Å²) < 4.78 is 31.6. The van der Waals surface area contributed by atoms with Crippen molar-refractivity contribution in [1.82, 2.24) is 5.43 Å². The van der Waals surface area contributed by atoms with Gasteiger partial charge in [0.1, 0.15) is 12.3 Å². The van der Waals surface area contributed by atoms with Crippen molar-refractivity contribution in [2.24, 2.45) is 5.10 Å². The van der Waals surface area contributed by atoms with Gasteiger partial charge in [0.2, 0.25) is 10.0 Å². The zero-order valence-electron chi connectivity index (χ0n) is 17.3. The van der Waals surface area contributed by atoms with E-state index < -0.39 is 22.5 Å². The summed E-state index contributed by atoms with van der Waals surface area (Å²) in [6, 6.07) is 12.1. The van der Waals surface area contributed by atoms with Gasteiger partial charge < -0.3 is 9.64 Å². The van der Waals surface area contributed by atoms with Gasteiger partial charge in [0, 0.05) is 18.6 Å². The third-order valence-corrected chi connectivity index (χ3v) is 5.76. The lowest BCUT2D eigenvalue weighted by Crippen LogP contribution is -2.39. The van der Waals surface area contributed by atoms with Crippen LogP contribution in [0.4, 0.5) is 11.4 Å². The maximum atomic E-state index is 12.3. The minimum Gasteiger partial charge on any atom is -0.494 e. The molecule has 0 bridgehead atoms. The average Bonchev–Trinajstić information content (AvgIpc) is 2.66. The fourth-order valence-corrected chi connectivity index (χ4v) is 4.19. The Morgan fingerprint density at radius 3 is 2.40 bits per heavy atom. The highest BCUT2D eigenvalue weighted by Gasteiger charge is 2.20. The number of nitrogens with zero attached hydrogens (tertiary/aromatic N) is 3. The molecule has 162 valence electrons. The minimum absolute atomic E-state index is 0.364. The SMILES string of the molecule is CCOc1ccc(N(CC(=O)NN=Cc2ccc(N(C)C)c(Br)c2)S(C)(=O)=O)cc1. The molecule has 1 N–H and O–H groups in total. The first-order valence-electron chi connectivity index (χ1n) is 9.11. The third kappa shape index (κ3) is 6.74. The summed E-state index contributed by atoms with van der Waals surface area (Å²) in [5, 5.41) is 3.92. The fraction of sp³-hybridized carbons (Fsp3) is 0.300. The molecule has 8 nitrogen and oxygen atoms in total. The topological polar surface area (TPSA) is 91.3 Å². The van der Waals surface area contributed by atoms with E-state index in [0.717, 1.165) is 26.3 Å². The van der Waals surface area contributed by atoms with Crippen LogP contribution in [0, 0.1) is 0 Å². The van der Waals surface area contributed by atoms with E-state index in [0.29, 0.717) is 18.0 Å². The van der Waals surface area contributed by atoms with Gasteiger partial charge in [-0.25, -0.2) is 13.8 Å². The summed E-state index contributed by atoms with van der Waals surface area (Å²) in [4.78, 5) is 14.2. The highest BCUT2D eigenvalue weighted by Crippen LogP contribution is 2.25. The number of carbonyl (C=O) groups excluding carboxylic acids is 1. The Hall–Kier alpha value is -2.59. The summed E-state index contributed by atoms with van der Waals surface area (Å²) in [5.41, 5.74) is 4.52. The molecule has 1 amide bonds. The summed E-state index contributed by atoms with van der Waals surface area (Å²) in [7, 11) is 0.208. The lowest BCUT2D eigenvalue weighted by atomic mass is 10.2. The number of sulfonamides is 1. The van der Waals surface area contributed by atoms with E-state index in [1.165, 1.54) is 6.21 Å². The van der Waals surface area contributed by atoms with Gasteiger partial charge in [-0.3, -0.25) is 9.10 Å². The molecule has 0 saturated heterocycles. The Bertz CT molecular complexity index is 1010. The molecule has 0 aromatic heterocycles. The highest BCUT2D eigenvalue weighted by molar-refractivity contribution is 9.10. The number of nitrogens with one attached hydrogen (secondary N) is 1. The molecule has 0 aliphatic carbocycles. The van der Waals surface area contributed by atoms with Gasteiger partial charge in [-0.05, 0) is 64.8 Å². The van der Waals surface area contributed by atoms with E-state index >= 15 is 0 Å². The van der Waals surface area contributed by atoms with E-state index in [4.69, 9.17) is 4.74 Å². The standard InChI is InChI=1S/C20H25BrN4O4S/c1-5-29-17-9-7-16(8-10-17)25(30(4,27)28)14-20(26)23-22-13-15-6-11-19(24(2)3)18(21)12-15/h6-13H,5,14H2,1-4H3,(H,23,26). The lowest BCUT2D eigenvalue weighted by molar-refractivity contribution is -0.119. The lowest BCUT2D eigenvalue weighted by Gasteiger charge is -2.21. The van der Waals surface area contributed by atoms with Crippen molar-refractivity contribution in [3.8, 4) is 5.75 Å². The molecule has 0 heterocycles. The second-order valence-electron chi connectivity index (χ2n) is 6.60. The van der Waals surface area contributed by atoms with Crippen LogP contribution in [0.1, 0.15) is 12.5 Å². The molecule has 0 aliphatic heterocycles. The van der Waals surface area contributed by atoms with Crippen LogP contribution in [0.15, 0.2) is 52.0 Å². The number of benzene rings is 2. The molecule has 30 heavy (non-hydrogen) atoms. The van der Waals surface area contributed by atoms with E-state index in [1.807, 2.05) is 44.1 Å². The van der Waals surface area contributed by atoms with Crippen LogP contribution in [0.25, 0.3) is 0 Å². The van der Waals surface area contributed by atoms with Gasteiger partial charge in [0.05, 0.1) is 30.5 Å². The molecule has 0 unspecified atom stereocenters. The van der Waals surface area contributed by atoms with Gasteiger partial charge in [-0.1, -0.05) is 6.07 Å². The monoisotopic (exact) mass is 496 g/mol. The summed E-state index contributed by atoms with van der Waals surface area (Å²) in [6.45, 7) is 1.97. The number of rotatable bonds is 9. The van der Waals surface area contributed by atoms with Crippen LogP contribution < -0.4 is 19.4 Å². The molecular weight excluding hydrogens is 472 g/mol. The Kier molecular flexibility index (Phi) is 8.24. The molecular formula is C20H25BrN4O4S. The van der Waals surface area contributed by atoms with Gasteiger partial charge in [-0.15, -0.1) is 0 Å². The highest BCUT2D eigenvalue weighted by atomic mass is 79.9. The molecule has 0 spiro atoms. The zero-order chi connectivity index (χ0) is 22.3. The molecule has 0 atom stereocenters. The first-order chi connectivity index (χ1) is 14.1. The Morgan fingerprint density at radius 2 is 1.87 bits per heavy atom. The minimum atomic E-state index is -3.66. The normalized spacial score (nSPS) is 11.4. The fourth-order valence-electron chi connectivity index (χ4n) is 2.59. The van der Waals surface area contributed by atoms with Gasteiger partial charge in [-0.2, -0.15) is 5.10 Å². The smallest absolute Gasteiger partial charge is 0.260 e. The van der Waals surface area contributed by atoms with E-state index in [2.05, 4.69) is 26.5 Å². The van der Waals surface area contributed by atoms with Crippen molar-refractivity contribution < 1.29 is 17.9 Å². The molecule has 0 fully saturated rings. The van der Waals surface area contributed by atoms with Crippen molar-refractivity contribution in [2.45, 2.75) is 6.92 Å². The predicted octanol–water partition coefficient (Wildman–Crippen LogP) is 2.83. The largest absolute Gasteiger partial charge is 0.494 e. The van der Waals surface area contributed by atoms with Gasteiger partial charge in [0.15, 0.2) is 0 Å². The molecule has 2 aromatic rings. The van der Waals surface area contributed by atoms with Crippen molar-refractivity contribution in [3.63, 3.8) is 0 Å². The van der Waals surface area contributed by atoms with Crippen LogP contribution in [0.3, 0.4) is 0 Å². The van der Waals surface area contributed by atoms with Crippen LogP contribution in [0.5, 0.6) is 5.75 Å². The molecule has 10 heteroatoms. The van der Waals surface area contributed by atoms with Crippen LogP contribution in [-0.4, -0.2) is 54.0 Å². The maximum absolute atomic E-state index is 12.3. The quantitative estimate of drug-likeness (QED) is 0.425. The third-order valence-electron chi connectivity index (χ3n) is 3.98. The Labute approximate surface area is 185 Å². The molecule has 0 saturated carbocycles. The van der Waals surface area contributed by atoms with Gasteiger partial charge >= 0.3 is 0 Å². The number of ether oxygens (including phenoxy) is 1. The zero-order valence-corrected chi connectivity index (χ0v) is 19.7. The average molecular weight is 497 g/mol. The first kappa shape index (κ1) is 23.7. The summed E-state index contributed by atoms with van der Waals surface area (Å²) in [6.07, 6.45) is 2.54. The van der Waals surface area contributed by atoms with Crippen LogP contribution in [0.2, 0.25) is 0 Å². The molecule has 0 radical (unpaired) electrons. The van der Waals surface area contributed by atoms with Crippen molar-refractivity contribution in [1.29, 1.82) is 0 Å². The molecule has 2 aromatic carbocycles.